The number of hydrogen-bond acceptors (Lipinski definition) is 4. The molecule has 0 spiro atoms. The first-order valence-corrected chi connectivity index (χ1v) is 8.24. The van der Waals surface area contributed by atoms with Crippen LogP contribution in [0.3, 0.4) is 0 Å². The van der Waals surface area contributed by atoms with Crippen molar-refractivity contribution in [3.63, 3.8) is 0 Å². The Labute approximate surface area is 55.1 Å². The van der Waals surface area contributed by atoms with Crippen molar-refractivity contribution in [2.75, 3.05) is 5.49 Å². The molecule has 0 nitrogen and oxygen atoms in total. The van der Waals surface area contributed by atoms with Gasteiger partial charge >= 0.3 is 0 Å². The molecule has 0 N–H and O–H groups in total. The molecule has 0 bridgehead atoms. The van der Waals surface area contributed by atoms with Crippen LogP contribution in [0.2, 0.25) is 0 Å². The summed E-state index contributed by atoms with van der Waals surface area (Å²) >= 11 is 4.06. The topological polar surface area (TPSA) is 0 Å². The Hall–Kier alpha value is 1.83. The van der Waals surface area contributed by atoms with E-state index in [9.17, 15) is 0 Å². The molecule has 1 aliphatic rings. The molecule has 1 rings (SSSR count). The van der Waals surface area contributed by atoms with E-state index in [1.54, 1.807) is 10.4 Å². The molecule has 5 heteroatoms. The van der Waals surface area contributed by atoms with Crippen LogP contribution in [0.25, 0.3) is 0 Å². The SMILES string of the molecule is SSP1CSS1. The van der Waals surface area contributed by atoms with Gasteiger partial charge in [-0.1, -0.05) is 31.6 Å². The Morgan fingerprint density at radius 3 is 2.50 bits per heavy atom. The van der Waals surface area contributed by atoms with Crippen LogP contribution in [0, 0.1) is 0 Å². The van der Waals surface area contributed by atoms with E-state index in [2.05, 4.69) is 11.7 Å². The second-order valence-corrected chi connectivity index (χ2v) is 10.8. The average molecular weight is 174 g/mol. The summed E-state index contributed by atoms with van der Waals surface area (Å²) in [5, 5.41) is 0. The third-order valence-corrected chi connectivity index (χ3v) is 13.8. The molecule has 0 radical (unpaired) electrons. The Morgan fingerprint density at radius 1 is 1.83 bits per heavy atom. The summed E-state index contributed by atoms with van der Waals surface area (Å²) in [6.07, 6.45) is 0.265. The average Bonchev–Trinajstić information content (AvgIpc) is 1.31. The van der Waals surface area contributed by atoms with Gasteiger partial charge in [0, 0.05) is 11.8 Å². The van der Waals surface area contributed by atoms with Gasteiger partial charge in [-0.05, 0) is 0 Å². The summed E-state index contributed by atoms with van der Waals surface area (Å²) in [7, 11) is 5.63. The lowest BCUT2D eigenvalue weighted by molar-refractivity contribution is 2.30. The molecule has 1 heterocycles. The van der Waals surface area contributed by atoms with E-state index < -0.39 is 0 Å². The molecule has 36 valence electrons. The quantitative estimate of drug-likeness (QED) is 0.368. The second kappa shape index (κ2) is 2.98. The zero-order valence-electron chi connectivity index (χ0n) is 2.83. The van der Waals surface area contributed by atoms with Crippen LogP contribution in [0.1, 0.15) is 0 Å². The van der Waals surface area contributed by atoms with Gasteiger partial charge in [-0.3, -0.25) is 0 Å². The van der Waals surface area contributed by atoms with E-state index in [4.69, 9.17) is 0 Å². The van der Waals surface area contributed by atoms with E-state index in [-0.39, 0.29) is 6.33 Å². The van der Waals surface area contributed by atoms with Crippen LogP contribution in [0.4, 0.5) is 0 Å². The molecule has 1 saturated heterocycles. The lowest BCUT2D eigenvalue weighted by atomic mass is 11.9. The summed E-state index contributed by atoms with van der Waals surface area (Å²) in [6.45, 7) is 0. The third kappa shape index (κ3) is 1.41. The summed E-state index contributed by atoms with van der Waals surface area (Å²) in [5.74, 6) is 0. The fourth-order valence-corrected chi connectivity index (χ4v) is 10.1. The molecule has 1 aliphatic heterocycles. The van der Waals surface area contributed by atoms with Gasteiger partial charge in [0.25, 0.3) is 0 Å². The van der Waals surface area contributed by atoms with Gasteiger partial charge in [-0.15, -0.1) is 11.7 Å². The van der Waals surface area contributed by atoms with Crippen LogP contribution in [0.15, 0.2) is 0 Å². The maximum absolute atomic E-state index is 4.06. The first-order valence-electron chi connectivity index (χ1n) is 1.32. The van der Waals surface area contributed by atoms with Crippen molar-refractivity contribution in [1.82, 2.24) is 0 Å². The highest BCUT2D eigenvalue weighted by Crippen LogP contribution is 2.77. The normalized spacial score (nSPS) is 32.5. The van der Waals surface area contributed by atoms with Gasteiger partial charge in [0.1, 0.15) is 0 Å². The summed E-state index contributed by atoms with van der Waals surface area (Å²) in [5.41, 5.74) is 1.34. The smallest absolute Gasteiger partial charge is 0.0470 e. The molecule has 0 saturated carbocycles. The van der Waals surface area contributed by atoms with Crippen molar-refractivity contribution in [2.45, 2.75) is 0 Å². The highest BCUT2D eigenvalue weighted by atomic mass is 33.6. The molecule has 1 atom stereocenters. The minimum atomic E-state index is 0.265. The van der Waals surface area contributed by atoms with E-state index in [0.717, 1.165) is 0 Å². The highest BCUT2D eigenvalue weighted by Gasteiger charge is 2.17. The monoisotopic (exact) mass is 174 g/mol. The van der Waals surface area contributed by atoms with Crippen molar-refractivity contribution in [2.24, 2.45) is 0 Å². The molecular weight excluding hydrogens is 171 g/mol. The highest BCUT2D eigenvalue weighted by molar-refractivity contribution is 9.25. The fraction of sp³-hybridized carbons (Fsp3) is 1.00. The van der Waals surface area contributed by atoms with Crippen molar-refractivity contribution in [3.8, 4) is 0 Å². The van der Waals surface area contributed by atoms with Gasteiger partial charge in [-0.25, -0.2) is 0 Å². The first-order chi connectivity index (χ1) is 2.93. The fourth-order valence-electron chi connectivity index (χ4n) is 0.133. The zero-order chi connectivity index (χ0) is 4.41. The minimum Gasteiger partial charge on any atom is -0.106 e. The third-order valence-electron chi connectivity index (χ3n) is 0.385. The van der Waals surface area contributed by atoms with Gasteiger partial charge in [0.05, 0.1) is 0 Å². The molecule has 0 amide bonds. The lowest BCUT2D eigenvalue weighted by Crippen LogP contribution is -1.70. The molecule has 0 aromatic carbocycles. The van der Waals surface area contributed by atoms with Crippen molar-refractivity contribution in [3.05, 3.63) is 0 Å². The Balaban J connectivity index is 2.01. The Bertz CT molecular complexity index is 40.1. The largest absolute Gasteiger partial charge is 0.106 e. The van der Waals surface area contributed by atoms with Crippen molar-refractivity contribution >= 4 is 49.6 Å². The van der Waals surface area contributed by atoms with E-state index >= 15 is 0 Å². The van der Waals surface area contributed by atoms with Crippen LogP contribution >= 0.6 is 49.6 Å². The molecule has 0 aromatic rings. The number of rotatable bonds is 1. The van der Waals surface area contributed by atoms with E-state index in [1.807, 2.05) is 21.2 Å². The maximum atomic E-state index is 4.06. The van der Waals surface area contributed by atoms with Crippen LogP contribution in [-0.4, -0.2) is 5.49 Å². The second-order valence-electron chi connectivity index (χ2n) is 0.736. The van der Waals surface area contributed by atoms with E-state index in [0.29, 0.717) is 0 Å². The minimum absolute atomic E-state index is 0.265. The lowest BCUT2D eigenvalue weighted by Gasteiger charge is -2.18. The Kier molecular flexibility index (Phi) is 2.96. The zero-order valence-corrected chi connectivity index (χ0v) is 7.06. The number of thiol groups is 1. The number of hydrogen-bond donors (Lipinski definition) is 1. The predicted molar refractivity (Wildman–Crippen MR) is 43.5 cm³/mol. The molecule has 6 heavy (non-hydrogen) atoms. The molecule has 1 fully saturated rings. The van der Waals surface area contributed by atoms with Crippen molar-refractivity contribution < 1.29 is 0 Å². The van der Waals surface area contributed by atoms with Gasteiger partial charge in [0.2, 0.25) is 0 Å². The summed E-state index contributed by atoms with van der Waals surface area (Å²) in [4.78, 5) is 0. The molecule has 0 aromatic heterocycles. The van der Waals surface area contributed by atoms with Crippen molar-refractivity contribution in [1.29, 1.82) is 0 Å². The maximum Gasteiger partial charge on any atom is 0.0470 e. The van der Waals surface area contributed by atoms with Gasteiger partial charge in [0.15, 0.2) is 0 Å². The molecule has 1 unspecified atom stereocenters. The van der Waals surface area contributed by atoms with Crippen LogP contribution < -0.4 is 0 Å². The predicted octanol–water partition coefficient (Wildman–Crippen LogP) is 3.23. The summed E-state index contributed by atoms with van der Waals surface area (Å²) < 4.78 is 0. The molecular formula is CH3PS4. The van der Waals surface area contributed by atoms with Crippen LogP contribution in [0.5, 0.6) is 0 Å². The molecule has 0 aliphatic carbocycles. The Morgan fingerprint density at radius 2 is 2.50 bits per heavy atom. The van der Waals surface area contributed by atoms with Gasteiger partial charge < -0.3 is 0 Å². The standard InChI is InChI=1S/CH3PS4/c3-5-2-1-4-6-2/h3H,1H2. The van der Waals surface area contributed by atoms with Crippen LogP contribution in [-0.2, 0) is 0 Å². The van der Waals surface area contributed by atoms with E-state index in [1.165, 1.54) is 5.49 Å². The first kappa shape index (κ1) is 5.96. The van der Waals surface area contributed by atoms with Gasteiger partial charge in [-0.2, -0.15) is 0 Å². The summed E-state index contributed by atoms with van der Waals surface area (Å²) in [6, 6.07) is 0.